The average Bonchev–Trinajstić information content (AvgIpc) is 3.31. The Kier molecular flexibility index (Phi) is 5.45. The minimum Gasteiger partial charge on any atom is -0.374 e. The molecule has 0 aliphatic carbocycles. The van der Waals surface area contributed by atoms with E-state index in [1.165, 1.54) is 30.5 Å². The second kappa shape index (κ2) is 7.78. The summed E-state index contributed by atoms with van der Waals surface area (Å²) >= 11 is 7.45. The van der Waals surface area contributed by atoms with Crippen LogP contribution in [0.3, 0.4) is 0 Å². The van der Waals surface area contributed by atoms with Crippen LogP contribution in [0.2, 0.25) is 5.02 Å². The molecular weight excluding hydrogens is 448 g/mol. The van der Waals surface area contributed by atoms with Gasteiger partial charge in [-0.15, -0.1) is 11.3 Å². The number of amides is 1. The highest BCUT2D eigenvalue weighted by Crippen LogP contribution is 2.32. The van der Waals surface area contributed by atoms with Crippen molar-refractivity contribution in [1.29, 1.82) is 0 Å². The number of aliphatic hydroxyl groups is 1. The van der Waals surface area contributed by atoms with Gasteiger partial charge in [0.25, 0.3) is 15.9 Å². The number of halogens is 1. The summed E-state index contributed by atoms with van der Waals surface area (Å²) in [7, 11) is -4.01. The first kappa shape index (κ1) is 21.0. The average molecular weight is 467 g/mol. The Hall–Kier alpha value is -2.24. The summed E-state index contributed by atoms with van der Waals surface area (Å²) in [6.07, 6.45) is 1.89. The van der Waals surface area contributed by atoms with Gasteiger partial charge in [-0.25, -0.2) is 17.4 Å². The summed E-state index contributed by atoms with van der Waals surface area (Å²) in [6, 6.07) is 5.60. The summed E-state index contributed by atoms with van der Waals surface area (Å²) in [4.78, 5) is 17.7. The highest BCUT2D eigenvalue weighted by atomic mass is 35.5. The van der Waals surface area contributed by atoms with Crippen LogP contribution in [-0.4, -0.2) is 28.4 Å². The van der Waals surface area contributed by atoms with Crippen LogP contribution in [0, 0.1) is 0 Å². The molecule has 0 saturated heterocycles. The van der Waals surface area contributed by atoms with Crippen LogP contribution in [0.25, 0.3) is 0 Å². The third-order valence-electron chi connectivity index (χ3n) is 4.62. The predicted molar refractivity (Wildman–Crippen MR) is 114 cm³/mol. The van der Waals surface area contributed by atoms with Crippen molar-refractivity contribution in [3.05, 3.63) is 62.8 Å². The van der Waals surface area contributed by atoms with E-state index in [2.05, 4.69) is 29.5 Å². The van der Waals surface area contributed by atoms with Crippen molar-refractivity contribution in [3.8, 4) is 0 Å². The van der Waals surface area contributed by atoms with Gasteiger partial charge < -0.3 is 10.4 Å². The number of hydrogen-bond acceptors (Lipinski definition) is 7. The molecule has 3 N–H and O–H groups in total. The number of benzene rings is 1. The number of aromatic nitrogens is 2. The van der Waals surface area contributed by atoms with Crippen molar-refractivity contribution in [2.75, 3.05) is 5.32 Å². The van der Waals surface area contributed by atoms with E-state index in [-0.39, 0.29) is 21.3 Å². The normalized spacial score (nSPS) is 16.0. The van der Waals surface area contributed by atoms with Gasteiger partial charge in [-0.3, -0.25) is 10.1 Å². The third-order valence-corrected chi connectivity index (χ3v) is 7.86. The molecule has 3 heterocycles. The number of rotatable bonds is 5. The molecule has 11 heteroatoms. The molecule has 0 spiro atoms. The SMILES string of the molecule is CC(C)c1ncc(CNC(O)c2ccc3c(c2)NC(=O)c2cc(Cl)cn2S3(=O)=O)s1. The molecule has 0 fully saturated rings. The van der Waals surface area contributed by atoms with Crippen molar-refractivity contribution >= 4 is 44.6 Å². The molecule has 1 aromatic carbocycles. The largest absolute Gasteiger partial charge is 0.374 e. The Morgan fingerprint density at radius 2 is 2.10 bits per heavy atom. The lowest BCUT2D eigenvalue weighted by Gasteiger charge is -2.15. The van der Waals surface area contributed by atoms with Gasteiger partial charge in [-0.05, 0) is 23.8 Å². The van der Waals surface area contributed by atoms with Crippen LogP contribution in [-0.2, 0) is 16.6 Å². The van der Waals surface area contributed by atoms with Gasteiger partial charge in [-0.1, -0.05) is 31.5 Å². The van der Waals surface area contributed by atoms with Gasteiger partial charge in [0.05, 0.1) is 15.7 Å². The maximum Gasteiger partial charge on any atom is 0.273 e. The van der Waals surface area contributed by atoms with E-state index < -0.39 is 22.2 Å². The van der Waals surface area contributed by atoms with E-state index in [4.69, 9.17) is 11.6 Å². The number of nitrogens with zero attached hydrogens (tertiary/aromatic N) is 2. The molecular formula is C19H19ClN4O4S2. The number of carbonyl (C=O) groups is 1. The Morgan fingerprint density at radius 1 is 1.33 bits per heavy atom. The van der Waals surface area contributed by atoms with Crippen LogP contribution < -0.4 is 10.6 Å². The molecule has 1 aliphatic heterocycles. The van der Waals surface area contributed by atoms with Crippen LogP contribution in [0.4, 0.5) is 5.69 Å². The topological polar surface area (TPSA) is 113 Å². The van der Waals surface area contributed by atoms with Gasteiger partial charge in [0.15, 0.2) is 0 Å². The molecule has 3 aromatic rings. The molecule has 158 valence electrons. The van der Waals surface area contributed by atoms with Crippen molar-refractivity contribution in [3.63, 3.8) is 0 Å². The van der Waals surface area contributed by atoms with Crippen molar-refractivity contribution in [1.82, 2.24) is 14.3 Å². The summed E-state index contributed by atoms with van der Waals surface area (Å²) in [5.41, 5.74) is 0.433. The lowest BCUT2D eigenvalue weighted by molar-refractivity contribution is 0.102. The Labute approximate surface area is 182 Å². The first-order valence-corrected chi connectivity index (χ1v) is 11.7. The molecule has 0 saturated carbocycles. The lowest BCUT2D eigenvalue weighted by Crippen LogP contribution is -2.20. The number of anilines is 1. The van der Waals surface area contributed by atoms with E-state index in [0.717, 1.165) is 13.9 Å². The molecule has 0 bridgehead atoms. The first-order valence-electron chi connectivity index (χ1n) is 9.11. The second-order valence-corrected chi connectivity index (χ2v) is 10.5. The number of carbonyl (C=O) groups excluding carboxylic acids is 1. The van der Waals surface area contributed by atoms with Crippen LogP contribution in [0.5, 0.6) is 0 Å². The quantitative estimate of drug-likeness (QED) is 0.497. The molecule has 1 unspecified atom stereocenters. The Morgan fingerprint density at radius 3 is 2.80 bits per heavy atom. The highest BCUT2D eigenvalue weighted by Gasteiger charge is 2.31. The third kappa shape index (κ3) is 3.77. The Bertz CT molecular complexity index is 1230. The fraction of sp³-hybridized carbons (Fsp3) is 0.263. The molecule has 0 radical (unpaired) electrons. The molecule has 30 heavy (non-hydrogen) atoms. The highest BCUT2D eigenvalue weighted by molar-refractivity contribution is 7.90. The summed E-state index contributed by atoms with van der Waals surface area (Å²) < 4.78 is 26.8. The summed E-state index contributed by atoms with van der Waals surface area (Å²) in [6.45, 7) is 4.53. The molecule has 1 amide bonds. The smallest absolute Gasteiger partial charge is 0.273 e. The van der Waals surface area contributed by atoms with Gasteiger partial charge in [0.2, 0.25) is 0 Å². The van der Waals surface area contributed by atoms with Gasteiger partial charge in [-0.2, -0.15) is 0 Å². The molecule has 1 aliphatic rings. The van der Waals surface area contributed by atoms with E-state index in [1.807, 2.05) is 0 Å². The van der Waals surface area contributed by atoms with Crippen LogP contribution in [0.1, 0.15) is 51.9 Å². The minimum absolute atomic E-state index is 0.0809. The zero-order chi connectivity index (χ0) is 21.6. The minimum atomic E-state index is -4.01. The van der Waals surface area contributed by atoms with Crippen LogP contribution in [0.15, 0.2) is 41.6 Å². The van der Waals surface area contributed by atoms with E-state index in [9.17, 15) is 18.3 Å². The zero-order valence-corrected chi connectivity index (χ0v) is 18.5. The van der Waals surface area contributed by atoms with Crippen LogP contribution >= 0.6 is 22.9 Å². The number of nitrogens with one attached hydrogen (secondary N) is 2. The molecule has 1 atom stereocenters. The maximum absolute atomic E-state index is 13.0. The number of hydrogen-bond donors (Lipinski definition) is 3. The van der Waals surface area contributed by atoms with Gasteiger partial charge >= 0.3 is 0 Å². The monoisotopic (exact) mass is 466 g/mol. The second-order valence-electron chi connectivity index (χ2n) is 7.16. The lowest BCUT2D eigenvalue weighted by atomic mass is 10.1. The number of aliphatic hydroxyl groups excluding tert-OH is 1. The van der Waals surface area contributed by atoms with E-state index in [1.54, 1.807) is 17.5 Å². The number of thiazole rings is 1. The van der Waals surface area contributed by atoms with Gasteiger partial charge in [0.1, 0.15) is 16.8 Å². The Balaban J connectivity index is 1.59. The fourth-order valence-electron chi connectivity index (χ4n) is 3.10. The first-order chi connectivity index (χ1) is 14.2. The van der Waals surface area contributed by atoms with Crippen molar-refractivity contribution < 1.29 is 18.3 Å². The molecule has 8 nitrogen and oxygen atoms in total. The number of fused-ring (bicyclic) bond motifs is 2. The summed E-state index contributed by atoms with van der Waals surface area (Å²) in [5.74, 6) is -0.270. The summed E-state index contributed by atoms with van der Waals surface area (Å²) in [5, 5.41) is 17.3. The standard InChI is InChI=1S/C19H19ClN4O4S2/c1-10(2)19-22-8-13(29-19)7-21-17(25)11-3-4-16-14(5-11)23-18(26)15-6-12(20)9-24(15)30(16,27)28/h3-6,8-10,17,21,25H,7H2,1-2H3,(H,23,26). The van der Waals surface area contributed by atoms with E-state index >= 15 is 0 Å². The molecule has 4 rings (SSSR count). The molecule has 2 aromatic heterocycles. The van der Waals surface area contributed by atoms with Gasteiger partial charge in [0, 0.05) is 29.7 Å². The van der Waals surface area contributed by atoms with E-state index in [0.29, 0.717) is 18.0 Å². The maximum atomic E-state index is 13.0. The fourth-order valence-corrected chi connectivity index (χ4v) is 5.71. The van der Waals surface area contributed by atoms with Crippen molar-refractivity contribution in [2.45, 2.75) is 37.4 Å². The zero-order valence-electron chi connectivity index (χ0n) is 16.1. The predicted octanol–water partition coefficient (Wildman–Crippen LogP) is 3.30. The van der Waals surface area contributed by atoms with Crippen molar-refractivity contribution in [2.24, 2.45) is 0 Å².